The van der Waals surface area contributed by atoms with E-state index < -0.39 is 73.1 Å². The number of aryl methyl sites for hydroxylation is 1. The second kappa shape index (κ2) is 28.1. The zero-order valence-corrected chi connectivity index (χ0v) is 35.3. The topological polar surface area (TPSA) is 176 Å². The number of hydrogen-bond acceptors (Lipinski definition) is 14. The van der Waals surface area contributed by atoms with Crippen LogP contribution in [0.3, 0.4) is 0 Å². The quantitative estimate of drug-likeness (QED) is 0.0251. The molecule has 0 spiro atoms. The van der Waals surface area contributed by atoms with Crippen molar-refractivity contribution in [3.05, 3.63) is 72.6 Å². The number of Topliss-reactive ketones (excluding diaryl/α,β-unsaturated/α-hetero) is 2. The van der Waals surface area contributed by atoms with Gasteiger partial charge in [-0.3, -0.25) is 9.59 Å². The maximum absolute atomic E-state index is 15.3. The molecule has 0 bridgehead atoms. The number of hydrogen-bond donors (Lipinski definition) is 0. The lowest BCUT2D eigenvalue weighted by atomic mass is 9.91. The number of benzene rings is 2. The van der Waals surface area contributed by atoms with Crippen LogP contribution in [-0.4, -0.2) is 103 Å². The molecule has 0 fully saturated rings. The molecule has 0 heterocycles. The van der Waals surface area contributed by atoms with Gasteiger partial charge in [0.1, 0.15) is 37.6 Å². The molecule has 2 aromatic rings. The third kappa shape index (κ3) is 18.7. The number of unbranched alkanes of at least 4 members (excludes halogenated alkanes) is 5. The van der Waals surface area contributed by atoms with Crippen LogP contribution in [0, 0.1) is 11.2 Å². The van der Waals surface area contributed by atoms with Crippen molar-refractivity contribution in [1.82, 2.24) is 0 Å². The predicted molar refractivity (Wildman–Crippen MR) is 219 cm³/mol. The highest BCUT2D eigenvalue weighted by molar-refractivity contribution is 6.34. The van der Waals surface area contributed by atoms with Crippen LogP contribution in [0.2, 0.25) is 0 Å². The summed E-state index contributed by atoms with van der Waals surface area (Å²) in [5.41, 5.74) is 0.102. The lowest BCUT2D eigenvalue weighted by molar-refractivity contribution is -0.169. The minimum absolute atomic E-state index is 0.0344. The van der Waals surface area contributed by atoms with Gasteiger partial charge in [0.25, 0.3) is 0 Å². The molecule has 0 saturated heterocycles. The minimum Gasteiger partial charge on any atom is -0.492 e. The molecule has 0 N–H and O–H groups in total. The standard InChI is InChI=1S/C45H59FO14/c1-7-9-10-11-12-13-22-55-40-19-17-34(27-36(40)46)33-16-18-39(35(26-33)15-14-23-56-41(49)8-2)57-28-45(29-58-42(50)32(3)4,30-59-43(51)37(47)20-24-53-5)31-60-44(52)38(48)21-25-54-6/h8,16-19,26-27H,2-3,7,9-15,20-25,28-31H2,1,4-6H3. The summed E-state index contributed by atoms with van der Waals surface area (Å²) in [6, 6.07) is 9.75. The molecular formula is C45H59FO14. The first-order valence-corrected chi connectivity index (χ1v) is 20.0. The van der Waals surface area contributed by atoms with Gasteiger partial charge < -0.3 is 37.9 Å². The highest BCUT2D eigenvalue weighted by atomic mass is 19.1. The van der Waals surface area contributed by atoms with Crippen LogP contribution in [0.25, 0.3) is 11.1 Å². The van der Waals surface area contributed by atoms with Crippen molar-refractivity contribution in [3.63, 3.8) is 0 Å². The van der Waals surface area contributed by atoms with E-state index in [1.54, 1.807) is 30.3 Å². The van der Waals surface area contributed by atoms with Crippen LogP contribution in [0.1, 0.15) is 77.2 Å². The highest BCUT2D eigenvalue weighted by Crippen LogP contribution is 2.32. The fourth-order valence-corrected chi connectivity index (χ4v) is 5.47. The number of ether oxygens (including phenoxy) is 8. The Hall–Kier alpha value is -5.41. The Kier molecular flexibility index (Phi) is 23.8. The van der Waals surface area contributed by atoms with Gasteiger partial charge >= 0.3 is 23.9 Å². The second-order valence-electron chi connectivity index (χ2n) is 14.2. The number of rotatable bonds is 32. The van der Waals surface area contributed by atoms with Crippen molar-refractivity contribution in [2.45, 2.75) is 78.1 Å². The maximum atomic E-state index is 15.3. The summed E-state index contributed by atoms with van der Waals surface area (Å²) in [6.45, 7) is 8.54. The van der Waals surface area contributed by atoms with Crippen LogP contribution < -0.4 is 9.47 Å². The molecule has 15 heteroatoms. The van der Waals surface area contributed by atoms with Crippen molar-refractivity contribution in [2.24, 2.45) is 5.41 Å². The van der Waals surface area contributed by atoms with Crippen LogP contribution in [0.15, 0.2) is 61.2 Å². The van der Waals surface area contributed by atoms with Crippen molar-refractivity contribution >= 4 is 35.4 Å². The third-order valence-electron chi connectivity index (χ3n) is 9.02. The van der Waals surface area contributed by atoms with E-state index in [1.807, 2.05) is 0 Å². The third-order valence-corrected chi connectivity index (χ3v) is 9.02. The zero-order valence-electron chi connectivity index (χ0n) is 35.3. The molecule has 14 nitrogen and oxygen atoms in total. The zero-order chi connectivity index (χ0) is 44.3. The number of halogens is 1. The molecule has 60 heavy (non-hydrogen) atoms. The minimum atomic E-state index is -1.68. The summed E-state index contributed by atoms with van der Waals surface area (Å²) in [5.74, 6) is -5.80. The lowest BCUT2D eigenvalue weighted by Gasteiger charge is -2.32. The van der Waals surface area contributed by atoms with Gasteiger partial charge in [-0.15, -0.1) is 0 Å². The predicted octanol–water partition coefficient (Wildman–Crippen LogP) is 6.68. The van der Waals surface area contributed by atoms with Gasteiger partial charge in [0.2, 0.25) is 11.6 Å². The van der Waals surface area contributed by atoms with E-state index in [-0.39, 0.29) is 49.7 Å². The molecule has 0 atom stereocenters. The smallest absolute Gasteiger partial charge is 0.374 e. The average Bonchev–Trinajstić information content (AvgIpc) is 3.25. The van der Waals surface area contributed by atoms with E-state index in [1.165, 1.54) is 33.6 Å². The number of methoxy groups -OCH3 is 2. The van der Waals surface area contributed by atoms with Crippen LogP contribution in [0.5, 0.6) is 11.5 Å². The molecular weight excluding hydrogens is 783 g/mol. The maximum Gasteiger partial charge on any atom is 0.374 e. The SMILES string of the molecule is C=CC(=O)OCCCc1cc(-c2ccc(OCCCCCCCC)c(F)c2)ccc1OCC(COC(=O)C(=C)C)(COC(=O)C(=O)CCOC)COC(=O)C(=O)CCOC. The summed E-state index contributed by atoms with van der Waals surface area (Å²) in [6.07, 6.45) is 7.56. The Bertz CT molecular complexity index is 1720. The van der Waals surface area contributed by atoms with E-state index in [2.05, 4.69) is 20.1 Å². The normalized spacial score (nSPS) is 10.9. The molecule has 0 unspecified atom stereocenters. The van der Waals surface area contributed by atoms with Gasteiger partial charge in [-0.25, -0.2) is 23.6 Å². The van der Waals surface area contributed by atoms with Gasteiger partial charge in [0, 0.05) is 38.7 Å². The van der Waals surface area contributed by atoms with Crippen LogP contribution in [-0.2, 0) is 63.6 Å². The molecule has 330 valence electrons. The second-order valence-corrected chi connectivity index (χ2v) is 14.2. The van der Waals surface area contributed by atoms with Crippen molar-refractivity contribution < 1.29 is 71.1 Å². The Labute approximate surface area is 351 Å². The van der Waals surface area contributed by atoms with E-state index in [4.69, 9.17) is 37.9 Å². The molecule has 0 saturated carbocycles. The Morgan fingerprint density at radius 2 is 1.20 bits per heavy atom. The summed E-state index contributed by atoms with van der Waals surface area (Å²) in [5, 5.41) is 0. The number of ketones is 2. The number of esters is 4. The van der Waals surface area contributed by atoms with Crippen LogP contribution in [0.4, 0.5) is 4.39 Å². The average molecular weight is 843 g/mol. The molecule has 0 aliphatic heterocycles. The molecule has 0 aliphatic rings. The lowest BCUT2D eigenvalue weighted by Crippen LogP contribution is -2.45. The Morgan fingerprint density at radius 1 is 0.650 bits per heavy atom. The van der Waals surface area contributed by atoms with E-state index in [0.29, 0.717) is 36.1 Å². The monoisotopic (exact) mass is 842 g/mol. The summed E-state index contributed by atoms with van der Waals surface area (Å²) in [4.78, 5) is 74.7. The van der Waals surface area contributed by atoms with Crippen LogP contribution >= 0.6 is 0 Å². The molecule has 0 aliphatic carbocycles. The van der Waals surface area contributed by atoms with Crippen molar-refractivity contribution in [2.75, 3.05) is 67.1 Å². The molecule has 0 amide bonds. The Balaban J connectivity index is 2.49. The highest BCUT2D eigenvalue weighted by Gasteiger charge is 2.39. The summed E-state index contributed by atoms with van der Waals surface area (Å²) >= 11 is 0. The largest absolute Gasteiger partial charge is 0.492 e. The number of carbonyl (C=O) groups is 6. The summed E-state index contributed by atoms with van der Waals surface area (Å²) in [7, 11) is 2.71. The fraction of sp³-hybridized carbons (Fsp3) is 0.511. The summed E-state index contributed by atoms with van der Waals surface area (Å²) < 4.78 is 58.4. The van der Waals surface area contributed by atoms with E-state index in [9.17, 15) is 28.8 Å². The van der Waals surface area contributed by atoms with Gasteiger partial charge in [-0.05, 0) is 67.1 Å². The van der Waals surface area contributed by atoms with Crippen molar-refractivity contribution in [3.8, 4) is 22.6 Å². The van der Waals surface area contributed by atoms with E-state index >= 15 is 4.39 Å². The molecule has 2 rings (SSSR count). The molecule has 0 aromatic heterocycles. The molecule has 0 radical (unpaired) electrons. The fourth-order valence-electron chi connectivity index (χ4n) is 5.47. The van der Waals surface area contributed by atoms with Gasteiger partial charge in [0.15, 0.2) is 11.6 Å². The van der Waals surface area contributed by atoms with E-state index in [0.717, 1.165) is 38.2 Å². The van der Waals surface area contributed by atoms with Gasteiger partial charge in [0.05, 0.1) is 26.4 Å². The van der Waals surface area contributed by atoms with Gasteiger partial charge in [-0.2, -0.15) is 0 Å². The van der Waals surface area contributed by atoms with Crippen molar-refractivity contribution in [1.29, 1.82) is 0 Å². The number of carbonyl (C=O) groups excluding carboxylic acids is 6. The first kappa shape index (κ1) is 50.7. The first-order chi connectivity index (χ1) is 28.8. The Morgan fingerprint density at radius 3 is 1.75 bits per heavy atom. The first-order valence-electron chi connectivity index (χ1n) is 20.0. The molecule has 2 aromatic carbocycles. The van der Waals surface area contributed by atoms with Gasteiger partial charge in [-0.1, -0.05) is 64.3 Å².